The van der Waals surface area contributed by atoms with Crippen molar-refractivity contribution in [3.63, 3.8) is 0 Å². The molecule has 0 saturated heterocycles. The molecule has 0 spiro atoms. The number of rotatable bonds is 7. The fraction of sp³-hybridized carbons (Fsp3) is 0.320. The molecule has 3 rings (SSSR count). The normalized spacial score (nSPS) is 16.4. The second kappa shape index (κ2) is 8.82. The van der Waals surface area contributed by atoms with Gasteiger partial charge in [0.2, 0.25) is 5.79 Å². The first-order chi connectivity index (χ1) is 14.3. The third-order valence-electron chi connectivity index (χ3n) is 5.70. The van der Waals surface area contributed by atoms with E-state index in [0.29, 0.717) is 5.57 Å². The van der Waals surface area contributed by atoms with Crippen LogP contribution >= 0.6 is 0 Å². The Morgan fingerprint density at radius 2 is 1.37 bits per heavy atom. The quantitative estimate of drug-likeness (QED) is 0.505. The molecule has 0 aliphatic heterocycles. The van der Waals surface area contributed by atoms with Crippen LogP contribution in [0.15, 0.2) is 84.5 Å². The maximum atomic E-state index is 12.1. The van der Waals surface area contributed by atoms with Gasteiger partial charge in [-0.1, -0.05) is 81.4 Å². The first-order valence-corrected chi connectivity index (χ1v) is 12.0. The number of hydrogen-bond donors (Lipinski definition) is 0. The summed E-state index contributed by atoms with van der Waals surface area (Å²) in [4.78, 5) is 12.1. The predicted molar refractivity (Wildman–Crippen MR) is 123 cm³/mol. The number of methoxy groups -OCH3 is 2. The van der Waals surface area contributed by atoms with Crippen LogP contribution in [-0.2, 0) is 18.7 Å². The van der Waals surface area contributed by atoms with Crippen LogP contribution in [0.2, 0.25) is 5.04 Å². The van der Waals surface area contributed by atoms with Gasteiger partial charge in [-0.15, -0.1) is 0 Å². The monoisotopic (exact) mass is 422 g/mol. The molecular formula is C25H30O4Si. The van der Waals surface area contributed by atoms with Crippen LogP contribution in [0.1, 0.15) is 20.8 Å². The largest absolute Gasteiger partial charge is 0.403 e. The van der Waals surface area contributed by atoms with Crippen molar-refractivity contribution in [2.75, 3.05) is 20.8 Å². The summed E-state index contributed by atoms with van der Waals surface area (Å²) in [6.07, 6.45) is 4.68. The van der Waals surface area contributed by atoms with Crippen molar-refractivity contribution in [1.82, 2.24) is 0 Å². The molecule has 4 nitrogen and oxygen atoms in total. The first-order valence-electron chi connectivity index (χ1n) is 10.1. The Morgan fingerprint density at radius 1 is 0.867 bits per heavy atom. The van der Waals surface area contributed by atoms with Gasteiger partial charge in [0.15, 0.2) is 5.78 Å². The average molecular weight is 423 g/mol. The summed E-state index contributed by atoms with van der Waals surface area (Å²) in [5.41, 5.74) is 0.660. The third kappa shape index (κ3) is 3.98. The van der Waals surface area contributed by atoms with Crippen LogP contribution < -0.4 is 10.4 Å². The van der Waals surface area contributed by atoms with Crippen molar-refractivity contribution in [2.45, 2.75) is 31.6 Å². The van der Waals surface area contributed by atoms with Crippen LogP contribution in [0.3, 0.4) is 0 Å². The molecule has 1 aliphatic rings. The van der Waals surface area contributed by atoms with E-state index in [9.17, 15) is 4.79 Å². The Labute approximate surface area is 180 Å². The molecule has 0 radical (unpaired) electrons. The molecule has 158 valence electrons. The maximum Gasteiger partial charge on any atom is 0.261 e. The lowest BCUT2D eigenvalue weighted by Gasteiger charge is -2.44. The highest BCUT2D eigenvalue weighted by atomic mass is 28.4. The highest BCUT2D eigenvalue weighted by Gasteiger charge is 2.51. The highest BCUT2D eigenvalue weighted by Crippen LogP contribution is 2.38. The summed E-state index contributed by atoms with van der Waals surface area (Å²) in [5.74, 6) is -1.19. The first kappa shape index (κ1) is 22.4. The van der Waals surface area contributed by atoms with Gasteiger partial charge in [0, 0.05) is 19.8 Å². The SMILES string of the molecule is COC1(OC)C=CC(=O)C=C1CO[Si](c1ccccc1)(c1ccccc1)C(C)(C)C. The molecule has 1 aliphatic carbocycles. The zero-order valence-corrected chi connectivity index (χ0v) is 19.3. The average Bonchev–Trinajstić information content (AvgIpc) is 2.75. The molecule has 0 heterocycles. The Balaban J connectivity index is 2.11. The van der Waals surface area contributed by atoms with E-state index in [1.54, 1.807) is 26.4 Å². The van der Waals surface area contributed by atoms with Gasteiger partial charge in [-0.3, -0.25) is 4.79 Å². The second-order valence-electron chi connectivity index (χ2n) is 8.43. The Morgan fingerprint density at radius 3 is 1.80 bits per heavy atom. The molecule has 2 aromatic carbocycles. The summed E-state index contributed by atoms with van der Waals surface area (Å²) in [7, 11) is 0.409. The molecule has 0 fully saturated rings. The van der Waals surface area contributed by atoms with Gasteiger partial charge >= 0.3 is 0 Å². The van der Waals surface area contributed by atoms with Crippen LogP contribution in [0.4, 0.5) is 0 Å². The number of ketones is 1. The molecule has 5 heteroatoms. The minimum absolute atomic E-state index is 0.0965. The van der Waals surface area contributed by atoms with Gasteiger partial charge in [0.05, 0.1) is 6.61 Å². The van der Waals surface area contributed by atoms with Crippen LogP contribution in [0, 0.1) is 0 Å². The number of carbonyl (C=O) groups excluding carboxylic acids is 1. The molecule has 0 amide bonds. The van der Waals surface area contributed by atoms with Gasteiger partial charge in [0.25, 0.3) is 8.32 Å². The maximum absolute atomic E-state index is 12.1. The van der Waals surface area contributed by atoms with Crippen molar-refractivity contribution in [3.8, 4) is 0 Å². The Bertz CT molecular complexity index is 883. The van der Waals surface area contributed by atoms with Gasteiger partial charge in [-0.25, -0.2) is 0 Å². The van der Waals surface area contributed by atoms with E-state index in [1.807, 2.05) is 12.1 Å². The topological polar surface area (TPSA) is 44.8 Å². The molecule has 30 heavy (non-hydrogen) atoms. The number of benzene rings is 2. The van der Waals surface area contributed by atoms with Crippen LogP contribution in [0.5, 0.6) is 0 Å². The molecule has 0 bridgehead atoms. The van der Waals surface area contributed by atoms with Crippen molar-refractivity contribution in [2.24, 2.45) is 0 Å². The van der Waals surface area contributed by atoms with E-state index >= 15 is 0 Å². The number of allylic oxidation sites excluding steroid dienone is 2. The molecule has 0 aromatic heterocycles. The molecular weight excluding hydrogens is 392 g/mol. The van der Waals surface area contributed by atoms with Crippen molar-refractivity contribution >= 4 is 24.5 Å². The summed E-state index contributed by atoms with van der Waals surface area (Å²) in [5, 5.41) is 2.21. The lowest BCUT2D eigenvalue weighted by Crippen LogP contribution is -2.67. The smallest absolute Gasteiger partial charge is 0.261 e. The van der Waals surface area contributed by atoms with Crippen molar-refractivity contribution in [1.29, 1.82) is 0 Å². The van der Waals surface area contributed by atoms with Crippen molar-refractivity contribution in [3.05, 3.63) is 84.5 Å². The van der Waals surface area contributed by atoms with Gasteiger partial charge in [0.1, 0.15) is 0 Å². The predicted octanol–water partition coefficient (Wildman–Crippen LogP) is 3.62. The van der Waals surface area contributed by atoms with E-state index in [-0.39, 0.29) is 17.4 Å². The van der Waals surface area contributed by atoms with E-state index in [2.05, 4.69) is 69.3 Å². The fourth-order valence-electron chi connectivity index (χ4n) is 4.19. The number of hydrogen-bond acceptors (Lipinski definition) is 4. The lowest BCUT2D eigenvalue weighted by atomic mass is 9.99. The minimum Gasteiger partial charge on any atom is -0.403 e. The van der Waals surface area contributed by atoms with Gasteiger partial charge in [-0.05, 0) is 33.6 Å². The Hall–Kier alpha value is -2.31. The zero-order valence-electron chi connectivity index (χ0n) is 18.3. The number of carbonyl (C=O) groups is 1. The standard InChI is InChI=1S/C25H30O4Si/c1-24(2,3)30(22-12-8-6-9-13-22,23-14-10-7-11-15-23)29-19-20-18-21(26)16-17-25(20,27-4)28-5/h6-18H,19H2,1-5H3. The minimum atomic E-state index is -2.73. The second-order valence-corrected chi connectivity index (χ2v) is 12.7. The van der Waals surface area contributed by atoms with E-state index in [1.165, 1.54) is 16.4 Å². The molecule has 2 aromatic rings. The van der Waals surface area contributed by atoms with E-state index in [0.717, 1.165) is 0 Å². The van der Waals surface area contributed by atoms with Crippen LogP contribution in [0.25, 0.3) is 0 Å². The van der Waals surface area contributed by atoms with E-state index in [4.69, 9.17) is 13.9 Å². The Kier molecular flexibility index (Phi) is 6.58. The summed E-state index contributed by atoms with van der Waals surface area (Å²) in [6.45, 7) is 6.89. The molecule has 0 atom stereocenters. The van der Waals surface area contributed by atoms with Gasteiger partial charge < -0.3 is 13.9 Å². The summed E-state index contributed by atoms with van der Waals surface area (Å²) < 4.78 is 18.3. The highest BCUT2D eigenvalue weighted by molar-refractivity contribution is 6.99. The fourth-order valence-corrected chi connectivity index (χ4v) is 8.72. The third-order valence-corrected chi connectivity index (χ3v) is 10.7. The van der Waals surface area contributed by atoms with Crippen molar-refractivity contribution < 1.29 is 18.7 Å². The molecule has 0 N–H and O–H groups in total. The molecule has 0 saturated carbocycles. The lowest BCUT2D eigenvalue weighted by molar-refractivity contribution is -0.147. The summed E-state index contributed by atoms with van der Waals surface area (Å²) >= 11 is 0. The van der Waals surface area contributed by atoms with Crippen LogP contribution in [-0.4, -0.2) is 40.7 Å². The van der Waals surface area contributed by atoms with Gasteiger partial charge in [-0.2, -0.15) is 0 Å². The zero-order chi connectivity index (χ0) is 21.8. The summed E-state index contributed by atoms with van der Waals surface area (Å²) in [6, 6.07) is 20.8. The molecule has 0 unspecified atom stereocenters. The number of ether oxygens (including phenoxy) is 2. The van der Waals surface area contributed by atoms with E-state index < -0.39 is 14.1 Å².